The van der Waals surface area contributed by atoms with Crippen molar-refractivity contribution in [2.75, 3.05) is 19.6 Å². The van der Waals surface area contributed by atoms with Crippen LogP contribution >= 0.6 is 0 Å². The zero-order valence-electron chi connectivity index (χ0n) is 44.2. The Morgan fingerprint density at radius 1 is 0.222 bits per heavy atom. The van der Waals surface area contributed by atoms with Gasteiger partial charge in [-0.3, -0.25) is 0 Å². The summed E-state index contributed by atoms with van der Waals surface area (Å²) in [6.07, 6.45) is 0. The molecule has 14 rings (SSSR count). The predicted molar refractivity (Wildman–Crippen MR) is 339 cm³/mol. The van der Waals surface area contributed by atoms with Crippen molar-refractivity contribution in [1.82, 2.24) is 0 Å². The maximum Gasteiger partial charge on any atom is 0.127 e. The number of benzene rings is 13. The number of para-hydroxylation sites is 2. The zero-order valence-corrected chi connectivity index (χ0v) is 44.2. The lowest BCUT2D eigenvalue weighted by Crippen LogP contribution is -2.12. The molecule has 81 heavy (non-hydrogen) atoms. The molecule has 0 saturated carbocycles. The zero-order chi connectivity index (χ0) is 53.9. The van der Waals surface area contributed by atoms with Crippen molar-refractivity contribution in [3.8, 4) is 11.5 Å². The molecule has 0 spiro atoms. The van der Waals surface area contributed by atoms with Crippen LogP contribution in [-0.2, 0) is 0 Å². The van der Waals surface area contributed by atoms with Gasteiger partial charge in [0.15, 0.2) is 0 Å². The van der Waals surface area contributed by atoms with Crippen molar-refractivity contribution in [2.45, 2.75) is 0 Å². The summed E-state index contributed by atoms with van der Waals surface area (Å²) in [5.74, 6) is 1.46. The maximum atomic E-state index is 6.67. The highest BCUT2D eigenvalue weighted by atomic mass is 16.5. The highest BCUT2D eigenvalue weighted by Gasteiger charge is 2.22. The van der Waals surface area contributed by atoms with E-state index in [9.17, 15) is 0 Å². The first-order chi connectivity index (χ1) is 40.2. The summed E-state index contributed by atoms with van der Waals surface area (Å²) in [4.78, 5) is 9.30. The Labute approximate surface area is 472 Å². The average molecular weight is 1040 g/mol. The van der Waals surface area contributed by atoms with Crippen LogP contribution < -0.4 is 24.3 Å². The minimum absolute atomic E-state index is 0.726. The molecule has 382 valence electrons. The number of nitrogens with zero attached hydrogens (tertiary/aromatic N) is 4. The van der Waals surface area contributed by atoms with Crippen molar-refractivity contribution >= 4 is 111 Å². The van der Waals surface area contributed by atoms with Gasteiger partial charge in [0.05, 0.1) is 28.1 Å². The van der Waals surface area contributed by atoms with E-state index in [1.54, 1.807) is 0 Å². The first-order valence-electron chi connectivity index (χ1n) is 27.3. The second kappa shape index (κ2) is 21.4. The largest absolute Gasteiger partial charge is 0.457 e. The Bertz CT molecular complexity index is 4180. The molecule has 5 nitrogen and oxygen atoms in total. The molecular weight excluding hydrogens is 985 g/mol. The van der Waals surface area contributed by atoms with Crippen LogP contribution in [0.15, 0.2) is 315 Å². The molecule has 0 bridgehead atoms. The molecule has 0 amide bonds. The van der Waals surface area contributed by atoms with Crippen molar-refractivity contribution in [1.29, 1.82) is 0 Å². The molecule has 0 aliphatic heterocycles. The van der Waals surface area contributed by atoms with Crippen LogP contribution in [0.3, 0.4) is 0 Å². The Balaban J connectivity index is 0.784. The van der Waals surface area contributed by atoms with Crippen LogP contribution in [0.1, 0.15) is 0 Å². The van der Waals surface area contributed by atoms with E-state index in [-0.39, 0.29) is 0 Å². The van der Waals surface area contributed by atoms with Crippen LogP contribution in [0, 0.1) is 12.1 Å². The summed E-state index contributed by atoms with van der Waals surface area (Å²) in [6.45, 7) is 0. The lowest BCUT2D eigenvalue weighted by Gasteiger charge is -2.29. The molecule has 0 heterocycles. The molecule has 0 atom stereocenters. The summed E-state index contributed by atoms with van der Waals surface area (Å²) >= 11 is 0. The van der Waals surface area contributed by atoms with E-state index in [1.165, 1.54) is 26.9 Å². The first-order valence-corrected chi connectivity index (χ1v) is 27.3. The summed E-state index contributed by atoms with van der Waals surface area (Å²) in [7, 11) is 0. The summed E-state index contributed by atoms with van der Waals surface area (Å²) in [5, 5.41) is 9.16. The molecule has 0 radical (unpaired) electrons. The lowest BCUT2D eigenvalue weighted by molar-refractivity contribution is 0.483. The van der Waals surface area contributed by atoms with Crippen LogP contribution in [0.25, 0.3) is 43.1 Å². The van der Waals surface area contributed by atoms with E-state index in [4.69, 9.17) is 4.74 Å². The van der Waals surface area contributed by atoms with Crippen molar-refractivity contribution in [3.05, 3.63) is 328 Å². The molecular formula is C76H52N4O. The average Bonchev–Trinajstić information content (AvgIpc) is 3.54. The van der Waals surface area contributed by atoms with Crippen LogP contribution in [0.5, 0.6) is 11.5 Å². The van der Waals surface area contributed by atoms with E-state index in [0.29, 0.717) is 0 Å². The predicted octanol–water partition coefficient (Wildman–Crippen LogP) is 21.6. The molecule has 14 aromatic rings. The molecule has 0 N–H and O–H groups in total. The third-order valence-electron chi connectivity index (χ3n) is 15.1. The van der Waals surface area contributed by atoms with Gasteiger partial charge in [0.25, 0.3) is 0 Å². The van der Waals surface area contributed by atoms with Gasteiger partial charge in [-0.15, -0.1) is 0 Å². The Kier molecular flexibility index (Phi) is 12.8. The molecule has 5 heteroatoms. The highest BCUT2D eigenvalue weighted by Crippen LogP contribution is 2.46. The Morgan fingerprint density at radius 3 is 0.889 bits per heavy atom. The van der Waals surface area contributed by atoms with Crippen LogP contribution in [0.4, 0.5) is 68.2 Å². The monoisotopic (exact) mass is 1040 g/mol. The SMILES string of the molecule is c1ccc2cccc(N(c3ccc(Oc4ccc(N(c5ccc(N(c6ccccc6)c6cccc7ccccc67)cc5)c5cccc6ccccc56)cc4)cc3)c3ccc(N(c4ccccc4)c4cccc5ccccc45)cc3)c2c#1. The minimum Gasteiger partial charge on any atom is -0.457 e. The number of hydrogen-bond donors (Lipinski definition) is 0. The minimum atomic E-state index is 0.726. The van der Waals surface area contributed by atoms with E-state index < -0.39 is 0 Å². The van der Waals surface area contributed by atoms with Gasteiger partial charge < -0.3 is 24.3 Å². The summed E-state index contributed by atoms with van der Waals surface area (Å²) in [6, 6.07) is 118. The number of rotatable bonds is 14. The molecule has 0 unspecified atom stereocenters. The van der Waals surface area contributed by atoms with E-state index in [0.717, 1.165) is 95.9 Å². The number of anilines is 12. The fourth-order valence-corrected chi connectivity index (χ4v) is 11.3. The normalized spacial score (nSPS) is 11.1. The van der Waals surface area contributed by atoms with Gasteiger partial charge >= 0.3 is 0 Å². The Hall–Kier alpha value is -11.1. The van der Waals surface area contributed by atoms with Gasteiger partial charge in [0.2, 0.25) is 0 Å². The fourth-order valence-electron chi connectivity index (χ4n) is 11.3. The molecule has 0 aromatic heterocycles. The second-order valence-corrected chi connectivity index (χ2v) is 20.0. The van der Waals surface area contributed by atoms with E-state index >= 15 is 0 Å². The number of ether oxygens (including phenoxy) is 1. The standard InChI is InChI=1S/C76H52N4O/c1-3-27-59(28-4-1)77(73-35-15-23-55-19-7-11-31-69(55)73)61-39-43-63(44-40-61)79(75-37-17-25-57-21-9-13-33-71(57)75)65-47-51-67(52-48-65)81-68-53-49-66(50-54-68)80(76-38-18-26-58-22-10-14-34-72(58)76)64-45-41-62(42-46-64)78(60-29-5-2-6-30-60)74-36-16-24-56-20-8-12-32-70(56)74/h1-13,15-33,35-54H. The van der Waals surface area contributed by atoms with E-state index in [1.807, 2.05) is 18.2 Å². The molecule has 14 aromatic carbocycles. The molecule has 0 aliphatic carbocycles. The summed E-state index contributed by atoms with van der Waals surface area (Å²) < 4.78 is 6.67. The third kappa shape index (κ3) is 9.44. The van der Waals surface area contributed by atoms with Gasteiger partial charge in [-0.25, -0.2) is 0 Å². The fraction of sp³-hybridized carbons (Fsp3) is 0. The Morgan fingerprint density at radius 2 is 0.506 bits per heavy atom. The third-order valence-corrected chi connectivity index (χ3v) is 15.1. The smallest absolute Gasteiger partial charge is 0.127 e. The highest BCUT2D eigenvalue weighted by molar-refractivity contribution is 6.03. The topological polar surface area (TPSA) is 22.2 Å². The van der Waals surface area contributed by atoms with E-state index in [2.05, 4.69) is 329 Å². The first kappa shape index (κ1) is 48.3. The van der Waals surface area contributed by atoms with Crippen molar-refractivity contribution in [2.24, 2.45) is 0 Å². The quantitative estimate of drug-likeness (QED) is 0.108. The molecule has 0 fully saturated rings. The van der Waals surface area contributed by atoms with Crippen molar-refractivity contribution < 1.29 is 4.74 Å². The van der Waals surface area contributed by atoms with Gasteiger partial charge in [0, 0.05) is 61.7 Å². The summed E-state index contributed by atoms with van der Waals surface area (Å²) in [5.41, 5.74) is 12.6. The second-order valence-electron chi connectivity index (χ2n) is 20.0. The van der Waals surface area contributed by atoms with Gasteiger partial charge in [-0.1, -0.05) is 170 Å². The number of fused-ring (bicyclic) bond motifs is 4. The maximum absolute atomic E-state index is 6.67. The van der Waals surface area contributed by atoms with Gasteiger partial charge in [-0.05, 0) is 179 Å². The molecule has 0 saturated heterocycles. The lowest BCUT2D eigenvalue weighted by atomic mass is 10.1. The molecule has 0 aliphatic rings. The van der Waals surface area contributed by atoms with Crippen LogP contribution in [0.2, 0.25) is 0 Å². The number of hydrogen-bond acceptors (Lipinski definition) is 5. The van der Waals surface area contributed by atoms with Crippen molar-refractivity contribution in [3.63, 3.8) is 0 Å². The van der Waals surface area contributed by atoms with Gasteiger partial charge in [0.1, 0.15) is 11.5 Å². The van der Waals surface area contributed by atoms with Gasteiger partial charge in [-0.2, -0.15) is 0 Å². The van der Waals surface area contributed by atoms with Crippen LogP contribution in [-0.4, -0.2) is 0 Å².